The van der Waals surface area contributed by atoms with Crippen molar-refractivity contribution in [2.75, 3.05) is 18.0 Å². The first-order valence-corrected chi connectivity index (χ1v) is 11.7. The van der Waals surface area contributed by atoms with Crippen LogP contribution in [0.2, 0.25) is 0 Å². The van der Waals surface area contributed by atoms with Gasteiger partial charge in [0.15, 0.2) is 0 Å². The molecule has 2 N–H and O–H groups in total. The molecule has 5 nitrogen and oxygen atoms in total. The third-order valence-electron chi connectivity index (χ3n) is 6.41. The van der Waals surface area contributed by atoms with Crippen LogP contribution >= 0.6 is 0 Å². The number of carbonyl (C=O) groups excluding carboxylic acids is 1. The minimum atomic E-state index is -0.201. The van der Waals surface area contributed by atoms with Crippen LogP contribution in [0.5, 0.6) is 0 Å². The fourth-order valence-corrected chi connectivity index (χ4v) is 4.81. The third-order valence-corrected chi connectivity index (χ3v) is 6.41. The molecule has 33 heavy (non-hydrogen) atoms. The number of aromatic amines is 1. The number of aryl methyl sites for hydroxylation is 2. The highest BCUT2D eigenvalue weighted by Crippen LogP contribution is 2.34. The Balaban J connectivity index is 1.45. The van der Waals surface area contributed by atoms with Crippen LogP contribution < -0.4 is 10.2 Å². The molecule has 1 fully saturated rings. The number of imidazole rings is 1. The average molecular weight is 439 g/mol. The van der Waals surface area contributed by atoms with E-state index in [1.807, 2.05) is 43.3 Å². The fraction of sp³-hybridized carbons (Fsp3) is 0.286. The summed E-state index contributed by atoms with van der Waals surface area (Å²) in [5, 5.41) is 3.34. The summed E-state index contributed by atoms with van der Waals surface area (Å²) in [7, 11) is 0. The summed E-state index contributed by atoms with van der Waals surface area (Å²) in [5.41, 5.74) is 7.58. The molecule has 5 rings (SSSR count). The van der Waals surface area contributed by atoms with Crippen LogP contribution in [0.4, 0.5) is 5.69 Å². The zero-order chi connectivity index (χ0) is 22.8. The topological polar surface area (TPSA) is 61.0 Å². The molecule has 1 amide bonds. The second-order valence-corrected chi connectivity index (χ2v) is 9.02. The molecule has 0 aliphatic carbocycles. The van der Waals surface area contributed by atoms with E-state index in [-0.39, 0.29) is 11.9 Å². The molecule has 0 radical (unpaired) electrons. The molecular weight excluding hydrogens is 408 g/mol. The van der Waals surface area contributed by atoms with Crippen LogP contribution in [0.3, 0.4) is 0 Å². The number of amides is 1. The maximum Gasteiger partial charge on any atom is 0.225 e. The summed E-state index contributed by atoms with van der Waals surface area (Å²) in [5.74, 6) is 0.886. The standard InChI is InChI=1S/C28H30N4O/c1-19-10-12-23(26(16-19)32-14-6-7-15-32)28(22-8-4-3-5-9-22)31-27(33)18-21-11-13-24-25(17-21)30-20(2)29-24/h3-5,8-13,16-17,28H,6-7,14-15,18H2,1-2H3,(H,29,30)(H,31,33). The lowest BCUT2D eigenvalue weighted by Crippen LogP contribution is -2.32. The van der Waals surface area contributed by atoms with Crippen molar-refractivity contribution >= 4 is 22.6 Å². The molecule has 1 atom stereocenters. The number of benzene rings is 3. The SMILES string of the molecule is Cc1ccc(C(NC(=O)Cc2ccc3nc(C)[nH]c3c2)c2ccccc2)c(N2CCCC2)c1. The fourth-order valence-electron chi connectivity index (χ4n) is 4.81. The molecule has 1 aliphatic rings. The van der Waals surface area contributed by atoms with Gasteiger partial charge in [-0.3, -0.25) is 4.79 Å². The van der Waals surface area contributed by atoms with Gasteiger partial charge in [0, 0.05) is 24.3 Å². The monoisotopic (exact) mass is 438 g/mol. The van der Waals surface area contributed by atoms with Gasteiger partial charge in [0.2, 0.25) is 5.91 Å². The van der Waals surface area contributed by atoms with Gasteiger partial charge in [-0.05, 0) is 61.6 Å². The maximum absolute atomic E-state index is 13.3. The first-order chi connectivity index (χ1) is 16.1. The van der Waals surface area contributed by atoms with Crippen molar-refractivity contribution in [3.05, 3.63) is 94.8 Å². The summed E-state index contributed by atoms with van der Waals surface area (Å²) < 4.78 is 0. The molecule has 0 saturated carbocycles. The Labute approximate surface area is 194 Å². The quantitative estimate of drug-likeness (QED) is 0.433. The van der Waals surface area contributed by atoms with Crippen molar-refractivity contribution in [1.29, 1.82) is 0 Å². The number of nitrogens with zero attached hydrogens (tertiary/aromatic N) is 2. The summed E-state index contributed by atoms with van der Waals surface area (Å²) >= 11 is 0. The van der Waals surface area contributed by atoms with Gasteiger partial charge in [0.25, 0.3) is 0 Å². The predicted molar refractivity (Wildman–Crippen MR) is 134 cm³/mol. The van der Waals surface area contributed by atoms with Gasteiger partial charge >= 0.3 is 0 Å². The van der Waals surface area contributed by atoms with Crippen molar-refractivity contribution in [3.63, 3.8) is 0 Å². The van der Waals surface area contributed by atoms with E-state index in [1.54, 1.807) is 0 Å². The molecule has 2 heterocycles. The molecule has 4 aromatic rings. The molecule has 1 aliphatic heterocycles. The van der Waals surface area contributed by atoms with Gasteiger partial charge in [-0.15, -0.1) is 0 Å². The van der Waals surface area contributed by atoms with Crippen LogP contribution in [0.1, 0.15) is 47.0 Å². The van der Waals surface area contributed by atoms with Gasteiger partial charge in [-0.25, -0.2) is 4.98 Å². The van der Waals surface area contributed by atoms with Crippen molar-refractivity contribution in [2.45, 2.75) is 39.2 Å². The maximum atomic E-state index is 13.3. The van der Waals surface area contributed by atoms with E-state index in [4.69, 9.17) is 0 Å². The summed E-state index contributed by atoms with van der Waals surface area (Å²) in [4.78, 5) is 23.4. The lowest BCUT2D eigenvalue weighted by molar-refractivity contribution is -0.120. The van der Waals surface area contributed by atoms with Crippen molar-refractivity contribution in [2.24, 2.45) is 0 Å². The second kappa shape index (κ2) is 9.10. The average Bonchev–Trinajstić information content (AvgIpc) is 3.47. The molecule has 1 aromatic heterocycles. The van der Waals surface area contributed by atoms with Gasteiger partial charge in [-0.1, -0.05) is 48.5 Å². The third kappa shape index (κ3) is 4.63. The largest absolute Gasteiger partial charge is 0.371 e. The normalized spacial score (nSPS) is 14.5. The van der Waals surface area contributed by atoms with E-state index < -0.39 is 0 Å². The highest BCUT2D eigenvalue weighted by molar-refractivity contribution is 5.82. The number of nitrogens with one attached hydrogen (secondary N) is 2. The Morgan fingerprint density at radius 3 is 2.61 bits per heavy atom. The summed E-state index contributed by atoms with van der Waals surface area (Å²) in [6, 6.07) is 22.6. The Bertz CT molecular complexity index is 1270. The van der Waals surface area contributed by atoms with Gasteiger partial charge < -0.3 is 15.2 Å². The first-order valence-electron chi connectivity index (χ1n) is 11.7. The van der Waals surface area contributed by atoms with E-state index in [9.17, 15) is 4.79 Å². The number of hydrogen-bond acceptors (Lipinski definition) is 3. The zero-order valence-electron chi connectivity index (χ0n) is 19.3. The van der Waals surface area contributed by atoms with Crippen LogP contribution in [0.15, 0.2) is 66.7 Å². The minimum Gasteiger partial charge on any atom is -0.371 e. The van der Waals surface area contributed by atoms with E-state index in [2.05, 4.69) is 57.4 Å². The van der Waals surface area contributed by atoms with Crippen LogP contribution in [-0.2, 0) is 11.2 Å². The number of anilines is 1. The van der Waals surface area contributed by atoms with Crippen LogP contribution in [0.25, 0.3) is 11.0 Å². The lowest BCUT2D eigenvalue weighted by atomic mass is 9.95. The smallest absolute Gasteiger partial charge is 0.225 e. The molecule has 0 spiro atoms. The second-order valence-electron chi connectivity index (χ2n) is 9.02. The highest BCUT2D eigenvalue weighted by Gasteiger charge is 2.24. The number of H-pyrrole nitrogens is 1. The van der Waals surface area contributed by atoms with Crippen LogP contribution in [0, 0.1) is 13.8 Å². The molecular formula is C28H30N4O. The molecule has 1 unspecified atom stereocenters. The first kappa shape index (κ1) is 21.3. The lowest BCUT2D eigenvalue weighted by Gasteiger charge is -2.28. The molecule has 168 valence electrons. The van der Waals surface area contributed by atoms with E-state index >= 15 is 0 Å². The zero-order valence-corrected chi connectivity index (χ0v) is 19.3. The number of aromatic nitrogens is 2. The molecule has 1 saturated heterocycles. The minimum absolute atomic E-state index is 0.00684. The number of fused-ring (bicyclic) bond motifs is 1. The highest BCUT2D eigenvalue weighted by atomic mass is 16.1. The van der Waals surface area contributed by atoms with E-state index in [0.717, 1.165) is 46.6 Å². The van der Waals surface area contributed by atoms with Gasteiger partial charge in [-0.2, -0.15) is 0 Å². The Hall–Kier alpha value is -3.60. The summed E-state index contributed by atoms with van der Waals surface area (Å²) in [6.07, 6.45) is 2.75. The van der Waals surface area contributed by atoms with Gasteiger partial charge in [0.1, 0.15) is 5.82 Å². The van der Waals surface area contributed by atoms with E-state index in [1.165, 1.54) is 24.1 Å². The number of hydrogen-bond donors (Lipinski definition) is 2. The van der Waals surface area contributed by atoms with Crippen molar-refractivity contribution < 1.29 is 4.79 Å². The molecule has 3 aromatic carbocycles. The number of rotatable bonds is 6. The van der Waals surface area contributed by atoms with Crippen molar-refractivity contribution in [1.82, 2.24) is 15.3 Å². The summed E-state index contributed by atoms with van der Waals surface area (Å²) in [6.45, 7) is 6.20. The van der Waals surface area contributed by atoms with Gasteiger partial charge in [0.05, 0.1) is 23.5 Å². The Morgan fingerprint density at radius 2 is 1.82 bits per heavy atom. The van der Waals surface area contributed by atoms with E-state index in [0.29, 0.717) is 6.42 Å². The molecule has 5 heteroatoms. The number of carbonyl (C=O) groups is 1. The van der Waals surface area contributed by atoms with Crippen molar-refractivity contribution in [3.8, 4) is 0 Å². The molecule has 0 bridgehead atoms. The van der Waals surface area contributed by atoms with Crippen LogP contribution in [-0.4, -0.2) is 29.0 Å². The Kier molecular flexibility index (Phi) is 5.86. The predicted octanol–water partition coefficient (Wildman–Crippen LogP) is 5.23. The Morgan fingerprint density at radius 1 is 1.03 bits per heavy atom.